The third-order valence-electron chi connectivity index (χ3n) is 6.64. The number of unbranched alkanes of at least 4 members (excludes halogenated alkanes) is 1. The second-order valence-electron chi connectivity index (χ2n) is 8.83. The number of quaternary nitrogens is 1. The Balaban J connectivity index is 0. The number of rotatable bonds is 15. The molecule has 0 fully saturated rings. The van der Waals surface area contributed by atoms with Gasteiger partial charge in [0.25, 0.3) is 0 Å². The fourth-order valence-corrected chi connectivity index (χ4v) is 3.70. The molecule has 0 radical (unpaired) electrons. The van der Waals surface area contributed by atoms with E-state index in [-0.39, 0.29) is 0 Å². The standard InChI is InChI=1S/C12H10F16O3S.C8H20N/c1-2-3-4-5(13,14)6(15,16)7(17,18)8(19,20)9(21,22)10(23,24)11(25,26)12(27,28)32(29,30)31;1-5-9(6-2,7-3)8-4/h2-4H2,1H3,(H,29,30,31);5-8H2,1-4H3/q;+1/p-1. The average molecular weight is 667 g/mol. The van der Waals surface area contributed by atoms with Gasteiger partial charge in [0.05, 0.1) is 26.2 Å². The summed E-state index contributed by atoms with van der Waals surface area (Å²) in [6.45, 7) is 15.2. The Kier molecular flexibility index (Phi) is 13.0. The van der Waals surface area contributed by atoms with Crippen LogP contribution in [0.15, 0.2) is 0 Å². The molecule has 0 bridgehead atoms. The predicted molar refractivity (Wildman–Crippen MR) is 111 cm³/mol. The van der Waals surface area contributed by atoms with Crippen molar-refractivity contribution in [1.82, 2.24) is 0 Å². The molecule has 0 spiro atoms. The monoisotopic (exact) mass is 667 g/mol. The van der Waals surface area contributed by atoms with Crippen LogP contribution in [-0.4, -0.2) is 90.3 Å². The van der Waals surface area contributed by atoms with Crippen LogP contribution >= 0.6 is 0 Å². The highest BCUT2D eigenvalue weighted by molar-refractivity contribution is 7.86. The smallest absolute Gasteiger partial charge is 0.402 e. The molecule has 0 saturated heterocycles. The number of hydrogen-bond acceptors (Lipinski definition) is 3. The second kappa shape index (κ2) is 12.8. The molecule has 0 unspecified atom stereocenters. The Labute approximate surface area is 225 Å². The van der Waals surface area contributed by atoms with Gasteiger partial charge in [0.15, 0.2) is 10.1 Å². The van der Waals surface area contributed by atoms with Crippen molar-refractivity contribution >= 4 is 10.1 Å². The summed E-state index contributed by atoms with van der Waals surface area (Å²) in [5, 5.41) is -7.88. The van der Waals surface area contributed by atoms with Gasteiger partial charge in [-0.05, 0) is 34.1 Å². The van der Waals surface area contributed by atoms with Gasteiger partial charge in [-0.1, -0.05) is 13.3 Å². The zero-order valence-corrected chi connectivity index (χ0v) is 22.9. The average Bonchev–Trinajstić information content (AvgIpc) is 2.83. The molecule has 0 amide bonds. The predicted octanol–water partition coefficient (Wildman–Crippen LogP) is 7.64. The van der Waals surface area contributed by atoms with Crippen LogP contribution in [0.1, 0.15) is 53.9 Å². The summed E-state index contributed by atoms with van der Waals surface area (Å²) >= 11 is 0. The zero-order valence-electron chi connectivity index (χ0n) is 22.1. The lowest BCUT2D eigenvalue weighted by atomic mass is 9.88. The summed E-state index contributed by atoms with van der Waals surface area (Å²) in [5.74, 6) is -56.8. The maximum Gasteiger partial charge on any atom is 0.402 e. The topological polar surface area (TPSA) is 57.2 Å². The molecule has 0 aliphatic carbocycles. The lowest BCUT2D eigenvalue weighted by molar-refractivity contribution is -0.921. The normalized spacial score (nSPS) is 15.5. The van der Waals surface area contributed by atoms with Gasteiger partial charge in [0.2, 0.25) is 0 Å². The Morgan fingerprint density at radius 1 is 0.512 bits per heavy atom. The number of alkyl halides is 16. The third-order valence-corrected chi connectivity index (χ3v) is 7.52. The van der Waals surface area contributed by atoms with Crippen LogP contribution in [0.4, 0.5) is 70.2 Å². The van der Waals surface area contributed by atoms with Crippen molar-refractivity contribution in [1.29, 1.82) is 0 Å². The quantitative estimate of drug-likeness (QED) is 0.103. The molecule has 0 aromatic rings. The van der Waals surface area contributed by atoms with E-state index in [0.29, 0.717) is 0 Å². The summed E-state index contributed by atoms with van der Waals surface area (Å²) in [5.41, 5.74) is 0. The summed E-state index contributed by atoms with van der Waals surface area (Å²) < 4.78 is 244. The third kappa shape index (κ3) is 6.80. The van der Waals surface area contributed by atoms with Gasteiger partial charge in [-0.25, -0.2) is 8.42 Å². The molecule has 0 heterocycles. The molecular weight excluding hydrogens is 638 g/mol. The lowest BCUT2D eigenvalue weighted by Crippen LogP contribution is -2.75. The molecule has 4 nitrogen and oxygen atoms in total. The largest absolute Gasteiger partial charge is 0.743 e. The van der Waals surface area contributed by atoms with Crippen LogP contribution in [0.5, 0.6) is 0 Å². The van der Waals surface area contributed by atoms with E-state index in [1.165, 1.54) is 30.7 Å². The van der Waals surface area contributed by atoms with E-state index in [1.807, 2.05) is 0 Å². The number of halogens is 16. The molecule has 0 saturated carbocycles. The van der Waals surface area contributed by atoms with Crippen molar-refractivity contribution in [3.63, 3.8) is 0 Å². The van der Waals surface area contributed by atoms with Crippen LogP contribution in [0.25, 0.3) is 0 Å². The van der Waals surface area contributed by atoms with Crippen LogP contribution in [-0.2, 0) is 10.1 Å². The Morgan fingerprint density at radius 3 is 1.00 bits per heavy atom. The first-order chi connectivity index (χ1) is 17.8. The first kappa shape index (κ1) is 41.9. The minimum Gasteiger partial charge on any atom is -0.743 e. The fourth-order valence-electron chi connectivity index (χ4n) is 3.26. The molecule has 0 aromatic carbocycles. The fraction of sp³-hybridized carbons (Fsp3) is 1.00. The Morgan fingerprint density at radius 2 is 0.780 bits per heavy atom. The van der Waals surface area contributed by atoms with Crippen molar-refractivity contribution in [2.45, 2.75) is 101 Å². The minimum absolute atomic E-state index is 0.507. The highest BCUT2D eigenvalue weighted by atomic mass is 32.2. The van der Waals surface area contributed by atoms with Gasteiger partial charge in [-0.2, -0.15) is 70.2 Å². The summed E-state index contributed by atoms with van der Waals surface area (Å²) in [6.07, 6.45) is -4.08. The molecular formula is C20H29F16NO3S. The molecule has 0 aliphatic rings. The summed E-state index contributed by atoms with van der Waals surface area (Å²) in [4.78, 5) is 0. The van der Waals surface area contributed by atoms with E-state index in [4.69, 9.17) is 0 Å². The Hall–Kier alpha value is -1.25. The van der Waals surface area contributed by atoms with Gasteiger partial charge in [-0.15, -0.1) is 0 Å². The van der Waals surface area contributed by atoms with E-state index in [0.717, 1.165) is 6.92 Å². The Bertz CT molecular complexity index is 933. The van der Waals surface area contributed by atoms with Crippen LogP contribution in [0, 0.1) is 0 Å². The van der Waals surface area contributed by atoms with Crippen molar-refractivity contribution < 1.29 is 87.7 Å². The first-order valence-corrected chi connectivity index (χ1v) is 13.0. The van der Waals surface area contributed by atoms with E-state index in [2.05, 4.69) is 27.7 Å². The molecule has 0 aromatic heterocycles. The highest BCUT2D eigenvalue weighted by Gasteiger charge is 2.95. The van der Waals surface area contributed by atoms with Crippen molar-refractivity contribution in [2.75, 3.05) is 26.2 Å². The lowest BCUT2D eigenvalue weighted by Gasteiger charge is -2.43. The highest BCUT2D eigenvalue weighted by Crippen LogP contribution is 2.64. The summed E-state index contributed by atoms with van der Waals surface area (Å²) in [6, 6.07) is 0. The molecule has 0 atom stereocenters. The second-order valence-corrected chi connectivity index (χ2v) is 10.3. The van der Waals surface area contributed by atoms with Crippen LogP contribution in [0.3, 0.4) is 0 Å². The molecule has 41 heavy (non-hydrogen) atoms. The van der Waals surface area contributed by atoms with Crippen LogP contribution < -0.4 is 0 Å². The minimum atomic E-state index is -8.76. The van der Waals surface area contributed by atoms with Gasteiger partial charge in [-0.3, -0.25) is 0 Å². The van der Waals surface area contributed by atoms with Gasteiger partial charge < -0.3 is 9.04 Å². The SMILES string of the molecule is CCCCC(F)(F)C(F)(F)C(F)(F)C(F)(F)C(F)(F)C(F)(F)C(F)(F)C(F)(F)S(=O)(=O)[O-].CC[N+](CC)(CC)CC. The van der Waals surface area contributed by atoms with Gasteiger partial charge in [0, 0.05) is 6.42 Å². The van der Waals surface area contributed by atoms with Crippen LogP contribution in [0.2, 0.25) is 0 Å². The summed E-state index contributed by atoms with van der Waals surface area (Å²) in [7, 11) is -8.09. The molecule has 0 aliphatic heterocycles. The molecule has 250 valence electrons. The first-order valence-electron chi connectivity index (χ1n) is 11.6. The zero-order chi connectivity index (χ0) is 33.9. The van der Waals surface area contributed by atoms with E-state index >= 15 is 0 Å². The van der Waals surface area contributed by atoms with Gasteiger partial charge >= 0.3 is 46.7 Å². The van der Waals surface area contributed by atoms with Crippen molar-refractivity contribution in [2.24, 2.45) is 0 Å². The molecule has 0 rings (SSSR count). The number of nitrogens with zero attached hydrogens (tertiary/aromatic N) is 1. The maximum atomic E-state index is 13.4. The van der Waals surface area contributed by atoms with Crippen molar-refractivity contribution in [3.05, 3.63) is 0 Å². The van der Waals surface area contributed by atoms with Gasteiger partial charge in [0.1, 0.15) is 0 Å². The molecule has 21 heteroatoms. The number of hydrogen-bond donors (Lipinski definition) is 0. The van der Waals surface area contributed by atoms with E-state index in [9.17, 15) is 83.2 Å². The maximum absolute atomic E-state index is 13.4. The van der Waals surface area contributed by atoms with Crippen molar-refractivity contribution in [3.8, 4) is 0 Å². The van der Waals surface area contributed by atoms with E-state index in [1.54, 1.807) is 0 Å². The van der Waals surface area contributed by atoms with E-state index < -0.39 is 76.1 Å². The molecule has 0 N–H and O–H groups in total.